The zero-order valence-electron chi connectivity index (χ0n) is 13.9. The molecular weight excluding hydrogens is 282 g/mol. The molecule has 0 bridgehead atoms. The summed E-state index contributed by atoms with van der Waals surface area (Å²) in [5.74, 6) is 0.339. The molecule has 0 aromatic heterocycles. The zero-order chi connectivity index (χ0) is 16.4. The van der Waals surface area contributed by atoms with Gasteiger partial charge in [0.15, 0.2) is 0 Å². The van der Waals surface area contributed by atoms with Gasteiger partial charge in [0, 0.05) is 17.8 Å². The topological polar surface area (TPSA) is 32.3 Å². The number of phenolic OH excluding ortho intramolecular Hbond substituents is 1. The van der Waals surface area contributed by atoms with E-state index in [1.807, 2.05) is 18.2 Å². The molecule has 23 heavy (non-hydrogen) atoms. The number of rotatable bonds is 3. The fourth-order valence-corrected chi connectivity index (χ4v) is 2.69. The van der Waals surface area contributed by atoms with Crippen LogP contribution in [0.5, 0.6) is 5.75 Å². The van der Waals surface area contributed by atoms with E-state index in [1.54, 1.807) is 6.07 Å². The lowest BCUT2D eigenvalue weighted by Gasteiger charge is -2.20. The Morgan fingerprint density at radius 2 is 1.61 bits per heavy atom. The van der Waals surface area contributed by atoms with Crippen molar-refractivity contribution >= 4 is 16.5 Å². The smallest absolute Gasteiger partial charge is 0.120 e. The van der Waals surface area contributed by atoms with Crippen molar-refractivity contribution in [1.29, 1.82) is 0 Å². The first kappa shape index (κ1) is 15.4. The van der Waals surface area contributed by atoms with Crippen LogP contribution in [-0.4, -0.2) is 5.11 Å². The van der Waals surface area contributed by atoms with E-state index in [9.17, 15) is 5.11 Å². The summed E-state index contributed by atoms with van der Waals surface area (Å²) in [6, 6.07) is 20.5. The molecule has 3 aromatic carbocycles. The molecule has 3 aromatic rings. The van der Waals surface area contributed by atoms with Gasteiger partial charge in [0.2, 0.25) is 0 Å². The quantitative estimate of drug-likeness (QED) is 0.674. The minimum absolute atomic E-state index is 0.0748. The van der Waals surface area contributed by atoms with Crippen molar-refractivity contribution in [3.63, 3.8) is 0 Å². The molecule has 3 rings (SSSR count). The number of phenols is 1. The van der Waals surface area contributed by atoms with Crippen LogP contribution in [0.3, 0.4) is 0 Å². The van der Waals surface area contributed by atoms with Crippen LogP contribution in [0.2, 0.25) is 0 Å². The fourth-order valence-electron chi connectivity index (χ4n) is 2.69. The van der Waals surface area contributed by atoms with Gasteiger partial charge in [-0.15, -0.1) is 0 Å². The maximum absolute atomic E-state index is 10.1. The molecule has 0 atom stereocenters. The van der Waals surface area contributed by atoms with Gasteiger partial charge in [-0.1, -0.05) is 57.2 Å². The molecule has 2 heteroatoms. The van der Waals surface area contributed by atoms with Crippen LogP contribution in [0.4, 0.5) is 5.69 Å². The van der Waals surface area contributed by atoms with Gasteiger partial charge in [-0.25, -0.2) is 0 Å². The molecule has 0 amide bonds. The molecule has 0 spiro atoms. The maximum Gasteiger partial charge on any atom is 0.120 e. The molecule has 2 N–H and O–H groups in total. The predicted octanol–water partition coefficient (Wildman–Crippen LogP) is 5.46. The van der Waals surface area contributed by atoms with Gasteiger partial charge in [0.1, 0.15) is 5.75 Å². The standard InChI is InChI=1S/C21H23NO/c1-21(2,3)18-9-11-20(23)17(12-18)14-22-19-10-8-15-6-4-5-7-16(15)13-19/h4-13,22-23H,14H2,1-3H3. The lowest BCUT2D eigenvalue weighted by Crippen LogP contribution is -2.12. The van der Waals surface area contributed by atoms with E-state index in [2.05, 4.69) is 62.5 Å². The van der Waals surface area contributed by atoms with Gasteiger partial charge in [-0.2, -0.15) is 0 Å². The number of nitrogens with one attached hydrogen (secondary N) is 1. The van der Waals surface area contributed by atoms with Crippen LogP contribution in [0.15, 0.2) is 60.7 Å². The Balaban J connectivity index is 1.81. The van der Waals surface area contributed by atoms with E-state index >= 15 is 0 Å². The lowest BCUT2D eigenvalue weighted by molar-refractivity contribution is 0.467. The fraction of sp³-hybridized carbons (Fsp3) is 0.238. The number of aromatic hydroxyl groups is 1. The first-order valence-electron chi connectivity index (χ1n) is 7.98. The van der Waals surface area contributed by atoms with E-state index in [0.29, 0.717) is 12.3 Å². The van der Waals surface area contributed by atoms with Crippen molar-refractivity contribution in [2.24, 2.45) is 0 Å². The third-order valence-corrected chi connectivity index (χ3v) is 4.18. The van der Waals surface area contributed by atoms with Crippen LogP contribution in [0.25, 0.3) is 10.8 Å². The molecule has 0 unspecified atom stereocenters. The number of benzene rings is 3. The van der Waals surface area contributed by atoms with Gasteiger partial charge in [0.25, 0.3) is 0 Å². The van der Waals surface area contributed by atoms with Crippen LogP contribution in [0, 0.1) is 0 Å². The highest BCUT2D eigenvalue weighted by Crippen LogP contribution is 2.28. The van der Waals surface area contributed by atoms with Crippen molar-refractivity contribution in [1.82, 2.24) is 0 Å². The maximum atomic E-state index is 10.1. The summed E-state index contributed by atoms with van der Waals surface area (Å²) in [7, 11) is 0. The summed E-state index contributed by atoms with van der Waals surface area (Å²) in [5.41, 5.74) is 3.28. The first-order chi connectivity index (χ1) is 10.9. The minimum atomic E-state index is 0.0748. The van der Waals surface area contributed by atoms with Gasteiger partial charge in [0.05, 0.1) is 0 Å². The Labute approximate surface area is 137 Å². The molecular formula is C21H23NO. The summed E-state index contributed by atoms with van der Waals surface area (Å²) in [6.45, 7) is 7.15. The summed E-state index contributed by atoms with van der Waals surface area (Å²) >= 11 is 0. The second kappa shape index (κ2) is 5.96. The Morgan fingerprint density at radius 3 is 2.35 bits per heavy atom. The zero-order valence-corrected chi connectivity index (χ0v) is 13.9. The Hall–Kier alpha value is -2.48. The van der Waals surface area contributed by atoms with Gasteiger partial charge in [-0.05, 0) is 46.0 Å². The number of hydrogen-bond acceptors (Lipinski definition) is 2. The van der Waals surface area contributed by atoms with Crippen LogP contribution in [-0.2, 0) is 12.0 Å². The van der Waals surface area contributed by atoms with E-state index in [0.717, 1.165) is 11.3 Å². The van der Waals surface area contributed by atoms with Crippen LogP contribution in [0.1, 0.15) is 31.9 Å². The lowest BCUT2D eigenvalue weighted by atomic mass is 9.86. The molecule has 0 saturated heterocycles. The van der Waals surface area contributed by atoms with Gasteiger partial charge < -0.3 is 10.4 Å². The molecule has 0 aliphatic rings. The Morgan fingerprint density at radius 1 is 0.870 bits per heavy atom. The normalized spacial score (nSPS) is 11.6. The van der Waals surface area contributed by atoms with E-state index in [1.165, 1.54) is 16.3 Å². The van der Waals surface area contributed by atoms with E-state index in [-0.39, 0.29) is 5.41 Å². The van der Waals surface area contributed by atoms with Crippen LogP contribution >= 0.6 is 0 Å². The van der Waals surface area contributed by atoms with Crippen molar-refractivity contribution in [2.45, 2.75) is 32.7 Å². The summed E-state index contributed by atoms with van der Waals surface area (Å²) in [4.78, 5) is 0. The van der Waals surface area contributed by atoms with Gasteiger partial charge >= 0.3 is 0 Å². The molecule has 0 heterocycles. The largest absolute Gasteiger partial charge is 0.508 e. The summed E-state index contributed by atoms with van der Waals surface area (Å²) < 4.78 is 0. The van der Waals surface area contributed by atoms with E-state index in [4.69, 9.17) is 0 Å². The molecule has 0 aliphatic carbocycles. The summed E-state index contributed by atoms with van der Waals surface area (Å²) in [5, 5.41) is 16.0. The predicted molar refractivity (Wildman–Crippen MR) is 98.1 cm³/mol. The molecule has 118 valence electrons. The molecule has 0 aliphatic heterocycles. The molecule has 0 radical (unpaired) electrons. The second-order valence-corrected chi connectivity index (χ2v) is 7.01. The van der Waals surface area contributed by atoms with Gasteiger partial charge in [-0.3, -0.25) is 0 Å². The number of fused-ring (bicyclic) bond motifs is 1. The SMILES string of the molecule is CC(C)(C)c1ccc(O)c(CNc2ccc3ccccc3c2)c1. The molecule has 0 saturated carbocycles. The van der Waals surface area contributed by atoms with Crippen molar-refractivity contribution in [2.75, 3.05) is 5.32 Å². The highest BCUT2D eigenvalue weighted by molar-refractivity contribution is 5.85. The second-order valence-electron chi connectivity index (χ2n) is 7.01. The summed E-state index contributed by atoms with van der Waals surface area (Å²) in [6.07, 6.45) is 0. The first-order valence-corrected chi connectivity index (χ1v) is 7.98. The van der Waals surface area contributed by atoms with Crippen molar-refractivity contribution in [3.8, 4) is 5.75 Å². The monoisotopic (exact) mass is 305 g/mol. The molecule has 0 fully saturated rings. The number of anilines is 1. The third kappa shape index (κ3) is 3.48. The van der Waals surface area contributed by atoms with Crippen molar-refractivity contribution < 1.29 is 5.11 Å². The average molecular weight is 305 g/mol. The number of hydrogen-bond donors (Lipinski definition) is 2. The Bertz CT molecular complexity index is 831. The average Bonchev–Trinajstić information content (AvgIpc) is 2.53. The third-order valence-electron chi connectivity index (χ3n) is 4.18. The van der Waals surface area contributed by atoms with E-state index < -0.39 is 0 Å². The molecule has 2 nitrogen and oxygen atoms in total. The minimum Gasteiger partial charge on any atom is -0.508 e. The van der Waals surface area contributed by atoms with Crippen molar-refractivity contribution in [3.05, 3.63) is 71.8 Å². The highest BCUT2D eigenvalue weighted by atomic mass is 16.3. The van der Waals surface area contributed by atoms with Crippen LogP contribution < -0.4 is 5.32 Å². The highest BCUT2D eigenvalue weighted by Gasteiger charge is 2.15. The Kier molecular flexibility index (Phi) is 3.99.